The van der Waals surface area contributed by atoms with Gasteiger partial charge >= 0.3 is 17.9 Å². The first-order chi connectivity index (χ1) is 15.3. The lowest BCUT2D eigenvalue weighted by Crippen LogP contribution is -2.12. The second-order valence-corrected chi connectivity index (χ2v) is 7.87. The van der Waals surface area contributed by atoms with Gasteiger partial charge in [0.25, 0.3) is 0 Å². The van der Waals surface area contributed by atoms with E-state index in [1.165, 1.54) is 20.8 Å². The maximum Gasteiger partial charge on any atom is 0.308 e. The Hall–Kier alpha value is -3.45. The zero-order valence-corrected chi connectivity index (χ0v) is 19.4. The van der Waals surface area contributed by atoms with Gasteiger partial charge in [-0.2, -0.15) is 0 Å². The lowest BCUT2D eigenvalue weighted by atomic mass is 9.99. The van der Waals surface area contributed by atoms with Crippen molar-refractivity contribution >= 4 is 50.7 Å². The second kappa shape index (κ2) is 10.2. The third-order valence-electron chi connectivity index (χ3n) is 4.39. The molecule has 32 heavy (non-hydrogen) atoms. The lowest BCUT2D eigenvalue weighted by Gasteiger charge is -2.20. The average Bonchev–Trinajstić information content (AvgIpc) is 2.72. The fraction of sp³-hybridized carbons (Fsp3) is 0.160. The minimum atomic E-state index is -0.600. The Morgan fingerprint density at radius 3 is 2.00 bits per heavy atom. The first-order valence-corrected chi connectivity index (χ1v) is 10.6. The number of esters is 3. The number of allylic oxidation sites excluding steroid dienone is 1. The minimum absolute atomic E-state index is 0.0384. The highest BCUT2D eigenvalue weighted by atomic mass is 79.9. The van der Waals surface area contributed by atoms with Gasteiger partial charge in [0.1, 0.15) is 5.75 Å². The number of carbonyl (C=O) groups is 3. The van der Waals surface area contributed by atoms with Gasteiger partial charge in [-0.15, -0.1) is 0 Å². The van der Waals surface area contributed by atoms with Crippen molar-refractivity contribution in [1.29, 1.82) is 0 Å². The number of fused-ring (bicyclic) bond motifs is 1. The topological polar surface area (TPSA) is 78.9 Å². The Balaban J connectivity index is 2.30. The summed E-state index contributed by atoms with van der Waals surface area (Å²) < 4.78 is 17.3. The fourth-order valence-corrected chi connectivity index (χ4v) is 3.61. The van der Waals surface area contributed by atoms with Crippen LogP contribution in [0.4, 0.5) is 0 Å². The van der Waals surface area contributed by atoms with Gasteiger partial charge in [0.05, 0.1) is 0 Å². The van der Waals surface area contributed by atoms with Crippen LogP contribution in [0.5, 0.6) is 17.2 Å². The molecular weight excluding hydrogens is 476 g/mol. The molecule has 0 atom stereocenters. The highest BCUT2D eigenvalue weighted by molar-refractivity contribution is 9.10. The second-order valence-electron chi connectivity index (χ2n) is 6.95. The molecule has 3 aromatic rings. The molecule has 3 rings (SSSR count). The minimum Gasteiger partial charge on any atom is -0.426 e. The monoisotopic (exact) mass is 496 g/mol. The maximum absolute atomic E-state index is 11.9. The number of benzene rings is 3. The van der Waals surface area contributed by atoms with Crippen molar-refractivity contribution in [3.05, 3.63) is 70.2 Å². The van der Waals surface area contributed by atoms with E-state index in [-0.39, 0.29) is 23.7 Å². The molecule has 3 aromatic carbocycles. The molecule has 0 aliphatic heterocycles. The van der Waals surface area contributed by atoms with Crippen LogP contribution in [0.1, 0.15) is 31.9 Å². The van der Waals surface area contributed by atoms with Crippen molar-refractivity contribution in [2.24, 2.45) is 0 Å². The number of rotatable bonds is 6. The van der Waals surface area contributed by atoms with Crippen molar-refractivity contribution in [3.8, 4) is 17.2 Å². The Morgan fingerprint density at radius 2 is 1.38 bits per heavy atom. The van der Waals surface area contributed by atoms with Gasteiger partial charge in [-0.3, -0.25) is 14.4 Å². The van der Waals surface area contributed by atoms with Gasteiger partial charge in [-0.05, 0) is 30.2 Å². The number of hydrogen-bond acceptors (Lipinski definition) is 6. The van der Waals surface area contributed by atoms with E-state index in [1.54, 1.807) is 18.2 Å². The van der Waals surface area contributed by atoms with Crippen LogP contribution in [0.15, 0.2) is 59.1 Å². The van der Waals surface area contributed by atoms with Crippen LogP contribution in [0, 0.1) is 0 Å². The van der Waals surface area contributed by atoms with E-state index in [4.69, 9.17) is 14.2 Å². The quantitative estimate of drug-likeness (QED) is 0.324. The Bertz CT molecular complexity index is 1210. The lowest BCUT2D eigenvalue weighted by molar-refractivity contribution is -0.134. The van der Waals surface area contributed by atoms with Crippen molar-refractivity contribution in [2.75, 3.05) is 0 Å². The summed E-state index contributed by atoms with van der Waals surface area (Å²) in [5.74, 6) is -1.34. The summed E-state index contributed by atoms with van der Waals surface area (Å²) in [6.07, 6.45) is 3.99. The molecule has 0 fully saturated rings. The van der Waals surface area contributed by atoms with E-state index in [0.29, 0.717) is 16.3 Å². The number of halogens is 1. The normalized spacial score (nSPS) is 10.9. The molecule has 0 N–H and O–H groups in total. The summed E-state index contributed by atoms with van der Waals surface area (Å²) in [6, 6.07) is 14.8. The first kappa shape index (κ1) is 23.2. The molecule has 0 aromatic heterocycles. The highest BCUT2D eigenvalue weighted by Gasteiger charge is 2.26. The van der Waals surface area contributed by atoms with Crippen molar-refractivity contribution in [2.45, 2.75) is 27.2 Å². The maximum atomic E-state index is 11.9. The predicted octanol–water partition coefficient (Wildman–Crippen LogP) is 5.63. The molecule has 0 heterocycles. The molecule has 0 unspecified atom stereocenters. The Kier molecular flexibility index (Phi) is 7.43. The largest absolute Gasteiger partial charge is 0.426 e. The zero-order chi connectivity index (χ0) is 23.3. The number of ether oxygens (including phenoxy) is 3. The first-order valence-electron chi connectivity index (χ1n) is 9.81. The molecule has 0 aliphatic rings. The smallest absolute Gasteiger partial charge is 0.308 e. The van der Waals surface area contributed by atoms with E-state index in [9.17, 15) is 14.4 Å². The van der Waals surface area contributed by atoms with Crippen molar-refractivity contribution in [1.82, 2.24) is 0 Å². The Labute approximate surface area is 193 Å². The molecule has 7 heteroatoms. The third-order valence-corrected chi connectivity index (χ3v) is 4.89. The predicted molar refractivity (Wildman–Crippen MR) is 125 cm³/mol. The summed E-state index contributed by atoms with van der Waals surface area (Å²) in [7, 11) is 0. The molecule has 164 valence electrons. The van der Waals surface area contributed by atoms with Crippen LogP contribution in [0.25, 0.3) is 16.8 Å². The van der Waals surface area contributed by atoms with Gasteiger partial charge in [-0.25, -0.2) is 0 Å². The summed E-state index contributed by atoms with van der Waals surface area (Å²) >= 11 is 3.43. The van der Waals surface area contributed by atoms with E-state index in [1.807, 2.05) is 42.5 Å². The van der Waals surface area contributed by atoms with Crippen molar-refractivity contribution in [3.63, 3.8) is 0 Å². The molecule has 0 amide bonds. The molecule has 6 nitrogen and oxygen atoms in total. The van der Waals surface area contributed by atoms with Gasteiger partial charge in [0.2, 0.25) is 0 Å². The van der Waals surface area contributed by atoms with Crippen LogP contribution >= 0.6 is 15.9 Å². The van der Waals surface area contributed by atoms with E-state index in [0.717, 1.165) is 10.0 Å². The summed E-state index contributed by atoms with van der Waals surface area (Å²) in [6.45, 7) is 3.80. The fourth-order valence-electron chi connectivity index (χ4n) is 3.25. The summed E-state index contributed by atoms with van der Waals surface area (Å²) in [4.78, 5) is 35.7. The molecular formula is C25H21BrO6. The molecule has 0 bridgehead atoms. The SMILES string of the molecule is CC(=O)Oc1c(C/C=C\c2ccccc2)c(OC(C)=O)c2cc(Br)ccc2c1OC(C)=O. The standard InChI is InChI=1S/C25H21BrO6/c1-15(27)30-23-21(11-7-10-18-8-5-4-6-9-18)25(32-17(3)29)24(31-16(2)28)20-13-12-19(26)14-22(20)23/h4-10,12-14H,11H2,1-3H3/b10-7-. The number of carbonyl (C=O) groups excluding carboxylic acids is 3. The van der Waals surface area contributed by atoms with Gasteiger partial charge in [-0.1, -0.05) is 58.4 Å². The third kappa shape index (κ3) is 5.62. The van der Waals surface area contributed by atoms with Crippen LogP contribution in [0.2, 0.25) is 0 Å². The van der Waals surface area contributed by atoms with Crippen LogP contribution in [-0.2, 0) is 20.8 Å². The van der Waals surface area contributed by atoms with Gasteiger partial charge in [0.15, 0.2) is 11.5 Å². The van der Waals surface area contributed by atoms with Crippen molar-refractivity contribution < 1.29 is 28.6 Å². The zero-order valence-electron chi connectivity index (χ0n) is 17.8. The summed E-state index contributed by atoms with van der Waals surface area (Å²) in [5, 5.41) is 0.997. The van der Waals surface area contributed by atoms with E-state index >= 15 is 0 Å². The van der Waals surface area contributed by atoms with E-state index < -0.39 is 17.9 Å². The Morgan fingerprint density at radius 1 is 0.781 bits per heavy atom. The number of hydrogen-bond donors (Lipinski definition) is 0. The van der Waals surface area contributed by atoms with Gasteiger partial charge < -0.3 is 14.2 Å². The average molecular weight is 497 g/mol. The molecule has 0 saturated heterocycles. The van der Waals surface area contributed by atoms with Crippen LogP contribution in [-0.4, -0.2) is 17.9 Å². The molecule has 0 radical (unpaired) electrons. The highest BCUT2D eigenvalue weighted by Crippen LogP contribution is 2.47. The van der Waals surface area contributed by atoms with Crippen LogP contribution < -0.4 is 14.2 Å². The summed E-state index contributed by atoms with van der Waals surface area (Å²) in [5.41, 5.74) is 1.38. The molecule has 0 aliphatic carbocycles. The molecule has 0 saturated carbocycles. The van der Waals surface area contributed by atoms with Gasteiger partial charge in [0, 0.05) is 41.6 Å². The van der Waals surface area contributed by atoms with Crippen LogP contribution in [0.3, 0.4) is 0 Å². The molecule has 0 spiro atoms. The van der Waals surface area contributed by atoms with E-state index in [2.05, 4.69) is 15.9 Å².